The Morgan fingerprint density at radius 3 is 3.00 bits per heavy atom. The van der Waals surface area contributed by atoms with E-state index in [9.17, 15) is 9.59 Å². The van der Waals surface area contributed by atoms with Gasteiger partial charge in [-0.15, -0.1) is 0 Å². The van der Waals surface area contributed by atoms with Gasteiger partial charge in [0.2, 0.25) is 5.91 Å². The lowest BCUT2D eigenvalue weighted by atomic mass is 10.0. The molecule has 1 unspecified atom stereocenters. The Balaban J connectivity index is 1.92. The van der Waals surface area contributed by atoms with Crippen LogP contribution < -0.4 is 15.4 Å². The zero-order chi connectivity index (χ0) is 14.4. The fourth-order valence-corrected chi connectivity index (χ4v) is 2.06. The lowest BCUT2D eigenvalue weighted by Gasteiger charge is -2.26. The van der Waals surface area contributed by atoms with Gasteiger partial charge in [0.05, 0.1) is 19.2 Å². The van der Waals surface area contributed by atoms with Crippen molar-refractivity contribution >= 4 is 11.8 Å². The summed E-state index contributed by atoms with van der Waals surface area (Å²) in [6, 6.07) is 7.53. The number of benzene rings is 1. The van der Waals surface area contributed by atoms with Crippen molar-refractivity contribution in [1.82, 2.24) is 10.6 Å². The summed E-state index contributed by atoms with van der Waals surface area (Å²) in [6.45, 7) is 2.06. The number of hydrogen-bond donors (Lipinski definition) is 2. The molecule has 2 rings (SSSR count). The minimum atomic E-state index is -0.449. The molecule has 5 heteroatoms. The molecule has 2 amide bonds. The first-order valence-electron chi connectivity index (χ1n) is 6.42. The number of carbonyl (C=O) groups is 2. The third-order valence-electron chi connectivity index (χ3n) is 2.94. The molecule has 104 valence electrons. The van der Waals surface area contributed by atoms with Gasteiger partial charge in [0.1, 0.15) is 5.75 Å². The van der Waals surface area contributed by atoms with Gasteiger partial charge in [-0.25, -0.2) is 0 Å². The van der Waals surface area contributed by atoms with Crippen molar-refractivity contribution in [3.63, 3.8) is 0 Å². The van der Waals surface area contributed by atoms with Gasteiger partial charge >= 0.3 is 0 Å². The van der Waals surface area contributed by atoms with Crippen molar-refractivity contribution in [2.24, 2.45) is 0 Å². The van der Waals surface area contributed by atoms with E-state index in [1.807, 2.05) is 24.3 Å². The van der Waals surface area contributed by atoms with Gasteiger partial charge in [-0.3, -0.25) is 9.59 Å². The van der Waals surface area contributed by atoms with Crippen molar-refractivity contribution in [3.8, 4) is 17.6 Å². The molecule has 0 saturated heterocycles. The molecule has 0 aliphatic carbocycles. The van der Waals surface area contributed by atoms with Gasteiger partial charge in [0.25, 0.3) is 5.91 Å². The highest BCUT2D eigenvalue weighted by molar-refractivity contribution is 5.95. The van der Waals surface area contributed by atoms with Crippen molar-refractivity contribution in [2.75, 3.05) is 13.2 Å². The maximum absolute atomic E-state index is 11.8. The molecule has 1 aliphatic rings. The first-order chi connectivity index (χ1) is 9.70. The van der Waals surface area contributed by atoms with Crippen LogP contribution >= 0.6 is 0 Å². The highest BCUT2D eigenvalue weighted by Gasteiger charge is 2.22. The molecule has 0 aromatic heterocycles. The molecule has 1 aromatic carbocycles. The van der Waals surface area contributed by atoms with E-state index in [1.165, 1.54) is 0 Å². The summed E-state index contributed by atoms with van der Waals surface area (Å²) in [5.41, 5.74) is 0.965. The number of fused-ring (bicyclic) bond motifs is 1. The highest BCUT2D eigenvalue weighted by atomic mass is 16.5. The summed E-state index contributed by atoms with van der Waals surface area (Å²) in [5.74, 6) is 4.90. The molecule has 5 nitrogen and oxygen atoms in total. The molecule has 0 bridgehead atoms. The highest BCUT2D eigenvalue weighted by Crippen LogP contribution is 2.31. The molecule has 0 saturated carbocycles. The van der Waals surface area contributed by atoms with Gasteiger partial charge in [0, 0.05) is 12.0 Å². The average molecular weight is 272 g/mol. The van der Waals surface area contributed by atoms with Crippen LogP contribution in [0.4, 0.5) is 0 Å². The summed E-state index contributed by atoms with van der Waals surface area (Å²) >= 11 is 0. The fourth-order valence-electron chi connectivity index (χ4n) is 2.06. The number of hydrogen-bond acceptors (Lipinski definition) is 3. The van der Waals surface area contributed by atoms with E-state index < -0.39 is 5.91 Å². The fraction of sp³-hybridized carbons (Fsp3) is 0.333. The number of para-hydroxylation sites is 1. The third-order valence-corrected chi connectivity index (χ3v) is 2.94. The quantitative estimate of drug-likeness (QED) is 0.799. The van der Waals surface area contributed by atoms with Gasteiger partial charge in [0.15, 0.2) is 0 Å². The van der Waals surface area contributed by atoms with Crippen LogP contribution in [0.25, 0.3) is 0 Å². The monoisotopic (exact) mass is 272 g/mol. The second-order valence-corrected chi connectivity index (χ2v) is 4.35. The maximum Gasteiger partial charge on any atom is 0.296 e. The van der Waals surface area contributed by atoms with Crippen molar-refractivity contribution in [1.29, 1.82) is 0 Å². The minimum absolute atomic E-state index is 0.0764. The minimum Gasteiger partial charge on any atom is -0.493 e. The Morgan fingerprint density at radius 1 is 1.40 bits per heavy atom. The average Bonchev–Trinajstić information content (AvgIpc) is 2.46. The van der Waals surface area contributed by atoms with Crippen LogP contribution in [0.5, 0.6) is 5.75 Å². The molecule has 0 radical (unpaired) electrons. The van der Waals surface area contributed by atoms with Gasteiger partial charge < -0.3 is 15.4 Å². The summed E-state index contributed by atoms with van der Waals surface area (Å²) < 4.78 is 5.53. The predicted molar refractivity (Wildman–Crippen MR) is 73.9 cm³/mol. The molecular weight excluding hydrogens is 256 g/mol. The van der Waals surface area contributed by atoms with Crippen LogP contribution in [0, 0.1) is 11.8 Å². The SMILES string of the molecule is CC#CC(=O)NCC(=O)NC1CCOc2ccccc21. The van der Waals surface area contributed by atoms with Crippen LogP contribution in [0.2, 0.25) is 0 Å². The Bertz CT molecular complexity index is 572. The predicted octanol–water partition coefficient (Wildman–Crippen LogP) is 0.766. The number of amides is 2. The Hall–Kier alpha value is -2.48. The first-order valence-corrected chi connectivity index (χ1v) is 6.42. The van der Waals surface area contributed by atoms with Crippen LogP contribution in [0.3, 0.4) is 0 Å². The van der Waals surface area contributed by atoms with E-state index in [2.05, 4.69) is 22.5 Å². The normalized spacial score (nSPS) is 15.9. The van der Waals surface area contributed by atoms with Gasteiger partial charge in [-0.05, 0) is 18.9 Å². The van der Waals surface area contributed by atoms with Crippen molar-refractivity contribution in [3.05, 3.63) is 29.8 Å². The van der Waals surface area contributed by atoms with Gasteiger partial charge in [-0.1, -0.05) is 24.1 Å². The van der Waals surface area contributed by atoms with Crippen molar-refractivity contribution < 1.29 is 14.3 Å². The maximum atomic E-state index is 11.8. The van der Waals surface area contributed by atoms with Crippen molar-refractivity contribution in [2.45, 2.75) is 19.4 Å². The van der Waals surface area contributed by atoms with E-state index in [-0.39, 0.29) is 18.5 Å². The van der Waals surface area contributed by atoms with Crippen LogP contribution in [-0.2, 0) is 9.59 Å². The molecule has 0 fully saturated rings. The second-order valence-electron chi connectivity index (χ2n) is 4.35. The summed E-state index contributed by atoms with van der Waals surface area (Å²) in [5, 5.41) is 5.33. The smallest absolute Gasteiger partial charge is 0.296 e. The molecular formula is C15H16N2O3. The number of nitrogens with one attached hydrogen (secondary N) is 2. The van der Waals surface area contributed by atoms with Crippen LogP contribution in [0.15, 0.2) is 24.3 Å². The zero-order valence-corrected chi connectivity index (χ0v) is 11.2. The second kappa shape index (κ2) is 6.62. The summed E-state index contributed by atoms with van der Waals surface area (Å²) in [4.78, 5) is 23.0. The Labute approximate surface area is 117 Å². The topological polar surface area (TPSA) is 67.4 Å². The van der Waals surface area contributed by atoms with E-state index in [4.69, 9.17) is 4.74 Å². The third kappa shape index (κ3) is 3.51. The van der Waals surface area contributed by atoms with Crippen LogP contribution in [-0.4, -0.2) is 25.0 Å². The molecule has 1 aromatic rings. The van der Waals surface area contributed by atoms with E-state index in [0.717, 1.165) is 11.3 Å². The Kier molecular flexibility index (Phi) is 4.61. The summed E-state index contributed by atoms with van der Waals surface area (Å²) in [6.07, 6.45) is 0.714. The van der Waals surface area contributed by atoms with E-state index in [1.54, 1.807) is 6.92 Å². The molecule has 1 aliphatic heterocycles. The molecule has 1 atom stereocenters. The van der Waals surface area contributed by atoms with Crippen LogP contribution in [0.1, 0.15) is 24.9 Å². The Morgan fingerprint density at radius 2 is 2.20 bits per heavy atom. The van der Waals surface area contributed by atoms with E-state index in [0.29, 0.717) is 13.0 Å². The molecule has 2 N–H and O–H groups in total. The first kappa shape index (κ1) is 13.9. The summed E-state index contributed by atoms with van der Waals surface area (Å²) in [7, 11) is 0. The number of rotatable bonds is 3. The zero-order valence-electron chi connectivity index (χ0n) is 11.2. The van der Waals surface area contributed by atoms with Gasteiger partial charge in [-0.2, -0.15) is 0 Å². The largest absolute Gasteiger partial charge is 0.493 e. The standard InChI is InChI=1S/C15H16N2O3/c1-2-5-14(18)16-10-15(19)17-12-8-9-20-13-7-4-3-6-11(12)13/h3-4,6-7,12H,8-10H2,1H3,(H,16,18)(H,17,19). The molecule has 20 heavy (non-hydrogen) atoms. The lowest BCUT2D eigenvalue weighted by Crippen LogP contribution is -2.39. The number of ether oxygens (including phenoxy) is 1. The lowest BCUT2D eigenvalue weighted by molar-refractivity contribution is -0.124. The molecule has 0 spiro atoms. The number of carbonyl (C=O) groups excluding carboxylic acids is 2. The van der Waals surface area contributed by atoms with E-state index >= 15 is 0 Å². The molecule has 1 heterocycles.